The number of aryl methyl sites for hydroxylation is 1. The van der Waals surface area contributed by atoms with Gasteiger partial charge in [-0.2, -0.15) is 0 Å². The van der Waals surface area contributed by atoms with E-state index in [1.165, 1.54) is 0 Å². The van der Waals surface area contributed by atoms with Crippen LogP contribution in [0.4, 0.5) is 5.69 Å². The Bertz CT molecular complexity index is 404. The Morgan fingerprint density at radius 2 is 2.06 bits per heavy atom. The second-order valence-corrected chi connectivity index (χ2v) is 5.38. The fraction of sp³-hybridized carbons (Fsp3) is 0.538. The van der Waals surface area contributed by atoms with Crippen LogP contribution in [0.1, 0.15) is 31.4 Å². The Labute approximate surface area is 107 Å². The van der Waals surface area contributed by atoms with Gasteiger partial charge < -0.3 is 0 Å². The highest BCUT2D eigenvalue weighted by Gasteiger charge is 2.19. The highest BCUT2D eigenvalue weighted by atomic mass is 35.5. The summed E-state index contributed by atoms with van der Waals surface area (Å²) >= 11 is 6.24. The van der Waals surface area contributed by atoms with E-state index in [0.29, 0.717) is 12.3 Å². The number of alkyl halides is 1. The summed E-state index contributed by atoms with van der Waals surface area (Å²) in [6.07, 6.45) is 1.43. The zero-order valence-electron chi connectivity index (χ0n) is 10.4. The molecular weight excluding hydrogens is 238 g/mol. The van der Waals surface area contributed by atoms with Gasteiger partial charge in [-0.25, -0.2) is 0 Å². The maximum absolute atomic E-state index is 10.9. The average molecular weight is 256 g/mol. The van der Waals surface area contributed by atoms with Gasteiger partial charge in [-0.1, -0.05) is 26.0 Å². The Morgan fingerprint density at radius 1 is 1.41 bits per heavy atom. The van der Waals surface area contributed by atoms with Crippen molar-refractivity contribution in [1.29, 1.82) is 0 Å². The number of benzene rings is 1. The topological polar surface area (TPSA) is 43.1 Å². The lowest BCUT2D eigenvalue weighted by atomic mass is 9.97. The number of halogens is 1. The summed E-state index contributed by atoms with van der Waals surface area (Å²) in [5, 5.41) is 10.9. The summed E-state index contributed by atoms with van der Waals surface area (Å²) in [4.78, 5) is 10.6. The molecule has 3 nitrogen and oxygen atoms in total. The van der Waals surface area contributed by atoms with Crippen LogP contribution in [0, 0.1) is 23.0 Å². The Hall–Kier alpha value is -1.09. The van der Waals surface area contributed by atoms with Crippen molar-refractivity contribution in [3.8, 4) is 0 Å². The maximum atomic E-state index is 10.9. The second-order valence-electron chi connectivity index (χ2n) is 4.76. The van der Waals surface area contributed by atoms with Crippen LogP contribution in [-0.2, 0) is 6.42 Å². The summed E-state index contributed by atoms with van der Waals surface area (Å²) in [5.74, 6) is 0.501. The van der Waals surface area contributed by atoms with Crippen molar-refractivity contribution >= 4 is 17.3 Å². The van der Waals surface area contributed by atoms with E-state index in [1.807, 2.05) is 13.0 Å². The highest BCUT2D eigenvalue weighted by molar-refractivity contribution is 6.20. The fourth-order valence-electron chi connectivity index (χ4n) is 1.94. The van der Waals surface area contributed by atoms with Gasteiger partial charge in [-0.05, 0) is 31.2 Å². The molecule has 0 bridgehead atoms. The van der Waals surface area contributed by atoms with Gasteiger partial charge in [0.2, 0.25) is 0 Å². The quantitative estimate of drug-likeness (QED) is 0.452. The Morgan fingerprint density at radius 3 is 2.59 bits per heavy atom. The third kappa shape index (κ3) is 4.00. The maximum Gasteiger partial charge on any atom is 0.272 e. The predicted octanol–water partition coefficient (Wildman–Crippen LogP) is 4.10. The van der Waals surface area contributed by atoms with Gasteiger partial charge in [0.05, 0.1) is 4.92 Å². The van der Waals surface area contributed by atoms with E-state index in [4.69, 9.17) is 11.6 Å². The first-order valence-electron chi connectivity index (χ1n) is 5.78. The number of nitrogens with zero attached hydrogens (tertiary/aromatic N) is 1. The standard InChI is InChI=1S/C13H18ClNO2/c1-9(2)7-11(14)8-12-10(3)5-4-6-13(12)15(16)17/h4-6,9,11H,7-8H2,1-3H3. The molecular formula is C13H18ClNO2. The third-order valence-corrected chi connectivity index (χ3v) is 3.07. The van der Waals surface area contributed by atoms with E-state index in [2.05, 4.69) is 13.8 Å². The lowest BCUT2D eigenvalue weighted by molar-refractivity contribution is -0.385. The van der Waals surface area contributed by atoms with E-state index < -0.39 is 0 Å². The smallest absolute Gasteiger partial charge is 0.258 e. The summed E-state index contributed by atoms with van der Waals surface area (Å²) in [6.45, 7) is 6.09. The molecule has 1 aromatic carbocycles. The molecule has 17 heavy (non-hydrogen) atoms. The van der Waals surface area contributed by atoms with Gasteiger partial charge in [0.25, 0.3) is 5.69 Å². The monoisotopic (exact) mass is 255 g/mol. The van der Waals surface area contributed by atoms with Gasteiger partial charge in [0, 0.05) is 17.0 Å². The highest BCUT2D eigenvalue weighted by Crippen LogP contribution is 2.26. The van der Waals surface area contributed by atoms with Crippen molar-refractivity contribution in [3.63, 3.8) is 0 Å². The molecule has 0 aliphatic carbocycles. The normalized spacial score (nSPS) is 12.8. The van der Waals surface area contributed by atoms with Crippen LogP contribution in [0.5, 0.6) is 0 Å². The molecule has 0 spiro atoms. The minimum atomic E-state index is -0.332. The molecule has 1 atom stereocenters. The molecule has 0 aliphatic rings. The van der Waals surface area contributed by atoms with Crippen LogP contribution < -0.4 is 0 Å². The average Bonchev–Trinajstić information content (AvgIpc) is 2.19. The van der Waals surface area contributed by atoms with E-state index in [9.17, 15) is 10.1 Å². The van der Waals surface area contributed by atoms with Crippen molar-refractivity contribution in [2.45, 2.75) is 39.0 Å². The number of nitro benzene ring substituents is 1. The molecule has 94 valence electrons. The van der Waals surface area contributed by atoms with Crippen LogP contribution in [0.15, 0.2) is 18.2 Å². The molecule has 0 amide bonds. The zero-order chi connectivity index (χ0) is 13.0. The predicted molar refractivity (Wildman–Crippen MR) is 70.6 cm³/mol. The SMILES string of the molecule is Cc1cccc([N+](=O)[O-])c1CC(Cl)CC(C)C. The van der Waals surface area contributed by atoms with Crippen molar-refractivity contribution < 1.29 is 4.92 Å². The lowest BCUT2D eigenvalue weighted by Crippen LogP contribution is -2.10. The summed E-state index contributed by atoms with van der Waals surface area (Å²) in [7, 11) is 0. The van der Waals surface area contributed by atoms with Gasteiger partial charge in [0.1, 0.15) is 0 Å². The van der Waals surface area contributed by atoms with E-state index >= 15 is 0 Å². The minimum absolute atomic E-state index is 0.0465. The first-order valence-corrected chi connectivity index (χ1v) is 6.22. The van der Waals surface area contributed by atoms with Gasteiger partial charge in [-0.3, -0.25) is 10.1 Å². The van der Waals surface area contributed by atoms with E-state index in [1.54, 1.807) is 12.1 Å². The summed E-state index contributed by atoms with van der Waals surface area (Å²) in [6, 6.07) is 5.14. The molecule has 0 aliphatic heterocycles. The molecule has 1 unspecified atom stereocenters. The van der Waals surface area contributed by atoms with E-state index in [-0.39, 0.29) is 16.0 Å². The van der Waals surface area contributed by atoms with Crippen molar-refractivity contribution in [2.24, 2.45) is 5.92 Å². The van der Waals surface area contributed by atoms with Crippen LogP contribution in [0.3, 0.4) is 0 Å². The van der Waals surface area contributed by atoms with Crippen LogP contribution in [0.25, 0.3) is 0 Å². The molecule has 0 saturated heterocycles. The van der Waals surface area contributed by atoms with E-state index in [0.717, 1.165) is 17.5 Å². The van der Waals surface area contributed by atoms with Gasteiger partial charge >= 0.3 is 0 Å². The van der Waals surface area contributed by atoms with Gasteiger partial charge in [0.15, 0.2) is 0 Å². The van der Waals surface area contributed by atoms with Crippen LogP contribution >= 0.6 is 11.6 Å². The number of hydrogen-bond acceptors (Lipinski definition) is 2. The molecule has 1 rings (SSSR count). The Kier molecular flexibility index (Phi) is 4.94. The van der Waals surface area contributed by atoms with Crippen molar-refractivity contribution in [3.05, 3.63) is 39.4 Å². The second kappa shape index (κ2) is 6.01. The third-order valence-electron chi connectivity index (χ3n) is 2.73. The molecule has 0 radical (unpaired) electrons. The largest absolute Gasteiger partial charge is 0.272 e. The molecule has 0 fully saturated rings. The molecule has 0 N–H and O–H groups in total. The summed E-state index contributed by atoms with van der Waals surface area (Å²) < 4.78 is 0. The fourth-order valence-corrected chi connectivity index (χ4v) is 2.45. The Balaban J connectivity index is 2.92. The molecule has 0 heterocycles. The number of nitro groups is 1. The van der Waals surface area contributed by atoms with Crippen molar-refractivity contribution in [1.82, 2.24) is 0 Å². The number of hydrogen-bond donors (Lipinski definition) is 0. The number of rotatable bonds is 5. The molecule has 1 aromatic rings. The zero-order valence-corrected chi connectivity index (χ0v) is 11.2. The molecule has 0 aromatic heterocycles. The van der Waals surface area contributed by atoms with Crippen molar-refractivity contribution in [2.75, 3.05) is 0 Å². The van der Waals surface area contributed by atoms with Crippen LogP contribution in [0.2, 0.25) is 0 Å². The lowest BCUT2D eigenvalue weighted by Gasteiger charge is -2.13. The molecule has 0 saturated carbocycles. The molecule has 4 heteroatoms. The van der Waals surface area contributed by atoms with Gasteiger partial charge in [-0.15, -0.1) is 11.6 Å². The summed E-state index contributed by atoms with van der Waals surface area (Å²) in [5.41, 5.74) is 1.88. The first-order chi connectivity index (χ1) is 7.91. The minimum Gasteiger partial charge on any atom is -0.258 e. The first kappa shape index (κ1) is 14.0. The van der Waals surface area contributed by atoms with Crippen LogP contribution in [-0.4, -0.2) is 10.3 Å².